The van der Waals surface area contributed by atoms with Crippen LogP contribution in [-0.4, -0.2) is 21.0 Å². The van der Waals surface area contributed by atoms with Crippen molar-refractivity contribution in [2.24, 2.45) is 0 Å². The van der Waals surface area contributed by atoms with Crippen LogP contribution in [0.3, 0.4) is 0 Å². The van der Waals surface area contributed by atoms with Gasteiger partial charge in [-0.3, -0.25) is 4.79 Å². The van der Waals surface area contributed by atoms with Crippen molar-refractivity contribution in [1.29, 1.82) is 0 Å². The van der Waals surface area contributed by atoms with Gasteiger partial charge in [0.25, 0.3) is 0 Å². The van der Waals surface area contributed by atoms with Crippen molar-refractivity contribution in [3.8, 4) is 0 Å². The zero-order valence-corrected chi connectivity index (χ0v) is 9.80. The summed E-state index contributed by atoms with van der Waals surface area (Å²) in [5.41, 5.74) is 1.99. The Bertz CT molecular complexity index is 372. The van der Waals surface area contributed by atoms with Crippen LogP contribution in [0.15, 0.2) is 11.2 Å². The van der Waals surface area contributed by atoms with E-state index in [9.17, 15) is 4.79 Å². The van der Waals surface area contributed by atoms with Gasteiger partial charge >= 0.3 is 0 Å². The molecule has 0 saturated heterocycles. The van der Waals surface area contributed by atoms with E-state index in [0.717, 1.165) is 29.4 Å². The van der Waals surface area contributed by atoms with Gasteiger partial charge in [-0.15, -0.1) is 0 Å². The van der Waals surface area contributed by atoms with Gasteiger partial charge in [-0.25, -0.2) is 9.97 Å². The van der Waals surface area contributed by atoms with E-state index in [0.29, 0.717) is 17.5 Å². The summed E-state index contributed by atoms with van der Waals surface area (Å²) >= 11 is 1.64. The average Bonchev–Trinajstić information content (AvgIpc) is 2.49. The summed E-state index contributed by atoms with van der Waals surface area (Å²) in [5, 5.41) is 1.20. The maximum absolute atomic E-state index is 11.1. The molecule has 1 aromatic rings. The van der Waals surface area contributed by atoms with Crippen molar-refractivity contribution in [2.45, 2.75) is 43.5 Å². The molecule has 1 saturated carbocycles. The molecule has 1 aliphatic carbocycles. The summed E-state index contributed by atoms with van der Waals surface area (Å²) in [6.45, 7) is 3.94. The Hall–Kier alpha value is -0.900. The molecule has 1 unspecified atom stereocenters. The van der Waals surface area contributed by atoms with Crippen molar-refractivity contribution in [1.82, 2.24) is 9.97 Å². The van der Waals surface area contributed by atoms with Crippen LogP contribution in [0.1, 0.15) is 30.7 Å². The lowest BCUT2D eigenvalue weighted by atomic mass is 10.4. The molecule has 1 aromatic heterocycles. The molecule has 0 N–H and O–H groups in total. The standard InChI is InChI=1S/C11H14N2OS/c1-7-5-8(2)13-11(12-7)15-10-4-3-9(14)6-10/h5,10H,3-4,6H2,1-2H3. The molecule has 0 spiro atoms. The second kappa shape index (κ2) is 4.31. The van der Waals surface area contributed by atoms with Crippen LogP contribution in [0, 0.1) is 13.8 Å². The van der Waals surface area contributed by atoms with Crippen LogP contribution in [0.25, 0.3) is 0 Å². The Morgan fingerprint density at radius 3 is 2.53 bits per heavy atom. The number of Topliss-reactive ketones (excluding diaryl/α,β-unsaturated/α-hetero) is 1. The van der Waals surface area contributed by atoms with Gasteiger partial charge in [0.2, 0.25) is 0 Å². The maximum atomic E-state index is 11.1. The highest BCUT2D eigenvalue weighted by atomic mass is 32.2. The van der Waals surface area contributed by atoms with E-state index in [1.165, 1.54) is 0 Å². The van der Waals surface area contributed by atoms with Crippen LogP contribution in [-0.2, 0) is 4.79 Å². The number of rotatable bonds is 2. The van der Waals surface area contributed by atoms with Crippen molar-refractivity contribution in [3.63, 3.8) is 0 Å². The van der Waals surface area contributed by atoms with Crippen LogP contribution in [0.4, 0.5) is 0 Å². The van der Waals surface area contributed by atoms with E-state index >= 15 is 0 Å². The summed E-state index contributed by atoms with van der Waals surface area (Å²) in [7, 11) is 0. The average molecular weight is 222 g/mol. The number of aryl methyl sites for hydroxylation is 2. The number of thioether (sulfide) groups is 1. The first kappa shape index (κ1) is 10.6. The number of ketones is 1. The third kappa shape index (κ3) is 2.78. The van der Waals surface area contributed by atoms with Crippen molar-refractivity contribution < 1.29 is 4.79 Å². The Balaban J connectivity index is 2.07. The normalized spacial score (nSPS) is 20.9. The third-order valence-corrected chi connectivity index (χ3v) is 3.56. The summed E-state index contributed by atoms with van der Waals surface area (Å²) in [6, 6.07) is 1.96. The van der Waals surface area contributed by atoms with E-state index in [-0.39, 0.29) is 0 Å². The molecule has 15 heavy (non-hydrogen) atoms. The number of hydrogen-bond acceptors (Lipinski definition) is 4. The molecule has 2 rings (SSSR count). The molecule has 1 aliphatic rings. The zero-order chi connectivity index (χ0) is 10.8. The Morgan fingerprint density at radius 1 is 1.33 bits per heavy atom. The SMILES string of the molecule is Cc1cc(C)nc(SC2CCC(=O)C2)n1. The molecular formula is C11H14N2OS. The molecule has 0 amide bonds. The minimum Gasteiger partial charge on any atom is -0.300 e. The van der Waals surface area contributed by atoms with Gasteiger partial charge in [-0.1, -0.05) is 11.8 Å². The lowest BCUT2D eigenvalue weighted by molar-refractivity contribution is -0.117. The topological polar surface area (TPSA) is 42.9 Å². The number of carbonyl (C=O) groups excluding carboxylic acids is 1. The van der Waals surface area contributed by atoms with E-state index in [1.54, 1.807) is 11.8 Å². The first-order chi connectivity index (χ1) is 7.13. The Morgan fingerprint density at radius 2 is 2.00 bits per heavy atom. The fourth-order valence-electron chi connectivity index (χ4n) is 1.78. The highest BCUT2D eigenvalue weighted by molar-refractivity contribution is 7.99. The van der Waals surface area contributed by atoms with Gasteiger partial charge in [-0.2, -0.15) is 0 Å². The van der Waals surface area contributed by atoms with E-state index in [4.69, 9.17) is 0 Å². The van der Waals surface area contributed by atoms with Crippen molar-refractivity contribution in [3.05, 3.63) is 17.5 Å². The lowest BCUT2D eigenvalue weighted by Gasteiger charge is -2.07. The van der Waals surface area contributed by atoms with Crippen LogP contribution >= 0.6 is 11.8 Å². The molecule has 3 nitrogen and oxygen atoms in total. The van der Waals surface area contributed by atoms with Gasteiger partial charge in [-0.05, 0) is 26.3 Å². The largest absolute Gasteiger partial charge is 0.300 e. The fraction of sp³-hybridized carbons (Fsp3) is 0.545. The highest BCUT2D eigenvalue weighted by Crippen LogP contribution is 2.31. The molecule has 0 aromatic carbocycles. The molecule has 0 radical (unpaired) electrons. The van der Waals surface area contributed by atoms with Crippen LogP contribution in [0.5, 0.6) is 0 Å². The van der Waals surface area contributed by atoms with Gasteiger partial charge in [0.15, 0.2) is 5.16 Å². The number of hydrogen-bond donors (Lipinski definition) is 0. The van der Waals surface area contributed by atoms with Gasteiger partial charge in [0, 0.05) is 29.5 Å². The zero-order valence-electron chi connectivity index (χ0n) is 8.99. The van der Waals surface area contributed by atoms with E-state index in [1.807, 2.05) is 19.9 Å². The molecule has 0 bridgehead atoms. The predicted molar refractivity (Wildman–Crippen MR) is 60.0 cm³/mol. The lowest BCUT2D eigenvalue weighted by Crippen LogP contribution is -2.00. The van der Waals surface area contributed by atoms with Gasteiger partial charge in [0.1, 0.15) is 5.78 Å². The van der Waals surface area contributed by atoms with Gasteiger partial charge in [0.05, 0.1) is 0 Å². The highest BCUT2D eigenvalue weighted by Gasteiger charge is 2.23. The van der Waals surface area contributed by atoms with E-state index < -0.39 is 0 Å². The molecular weight excluding hydrogens is 208 g/mol. The Labute approximate surface area is 93.7 Å². The third-order valence-electron chi connectivity index (χ3n) is 2.43. The summed E-state index contributed by atoms with van der Waals surface area (Å²) in [4.78, 5) is 19.8. The Kier molecular flexibility index (Phi) is 3.05. The number of nitrogens with zero attached hydrogens (tertiary/aromatic N) is 2. The quantitative estimate of drug-likeness (QED) is 0.720. The fourth-order valence-corrected chi connectivity index (χ4v) is 2.97. The van der Waals surface area contributed by atoms with Crippen molar-refractivity contribution in [2.75, 3.05) is 0 Å². The first-order valence-electron chi connectivity index (χ1n) is 5.14. The number of aromatic nitrogens is 2. The second-order valence-corrected chi connectivity index (χ2v) is 5.22. The monoisotopic (exact) mass is 222 g/mol. The molecule has 80 valence electrons. The number of carbonyl (C=O) groups is 1. The van der Waals surface area contributed by atoms with Crippen LogP contribution in [0.2, 0.25) is 0 Å². The minimum atomic E-state index is 0.372. The summed E-state index contributed by atoms with van der Waals surface area (Å²) < 4.78 is 0. The summed E-state index contributed by atoms with van der Waals surface area (Å²) in [5.74, 6) is 0.372. The van der Waals surface area contributed by atoms with Gasteiger partial charge < -0.3 is 0 Å². The minimum absolute atomic E-state index is 0.372. The van der Waals surface area contributed by atoms with Crippen LogP contribution < -0.4 is 0 Å². The van der Waals surface area contributed by atoms with Crippen molar-refractivity contribution >= 4 is 17.5 Å². The second-order valence-electron chi connectivity index (χ2n) is 3.95. The first-order valence-corrected chi connectivity index (χ1v) is 6.02. The molecule has 1 fully saturated rings. The predicted octanol–water partition coefficient (Wildman–Crippen LogP) is 2.31. The molecule has 1 atom stereocenters. The van der Waals surface area contributed by atoms with E-state index in [2.05, 4.69) is 9.97 Å². The maximum Gasteiger partial charge on any atom is 0.188 e. The molecule has 4 heteroatoms. The molecule has 0 aliphatic heterocycles. The molecule has 1 heterocycles. The summed E-state index contributed by atoms with van der Waals surface area (Å²) in [6.07, 6.45) is 2.38. The smallest absolute Gasteiger partial charge is 0.188 e.